The predicted molar refractivity (Wildman–Crippen MR) is 72.5 cm³/mol. The molecule has 2 unspecified atom stereocenters. The fourth-order valence-electron chi connectivity index (χ4n) is 2.57. The van der Waals surface area contributed by atoms with Gasteiger partial charge in [-0.25, -0.2) is 0 Å². The first kappa shape index (κ1) is 13.4. The van der Waals surface area contributed by atoms with E-state index in [1.54, 1.807) is 12.1 Å². The van der Waals surface area contributed by atoms with Crippen LogP contribution in [0.3, 0.4) is 0 Å². The molecule has 2 rings (SSSR count). The molecule has 0 spiro atoms. The highest BCUT2D eigenvalue weighted by Crippen LogP contribution is 2.42. The molecule has 3 heteroatoms. The van der Waals surface area contributed by atoms with Gasteiger partial charge in [-0.3, -0.25) is 0 Å². The van der Waals surface area contributed by atoms with Crippen molar-refractivity contribution in [3.05, 3.63) is 29.8 Å². The summed E-state index contributed by atoms with van der Waals surface area (Å²) in [6.07, 6.45) is 1.46. The number of aromatic hydroxyl groups is 1. The van der Waals surface area contributed by atoms with Gasteiger partial charge in [0.2, 0.25) is 0 Å². The van der Waals surface area contributed by atoms with E-state index in [1.807, 2.05) is 19.1 Å². The van der Waals surface area contributed by atoms with Gasteiger partial charge in [-0.1, -0.05) is 26.0 Å². The van der Waals surface area contributed by atoms with Crippen molar-refractivity contribution in [1.29, 1.82) is 0 Å². The van der Waals surface area contributed by atoms with Gasteiger partial charge < -0.3 is 15.2 Å². The molecule has 1 aliphatic rings. The molecule has 2 N–H and O–H groups in total. The van der Waals surface area contributed by atoms with E-state index in [1.165, 1.54) is 5.56 Å². The van der Waals surface area contributed by atoms with Crippen LogP contribution in [0.5, 0.6) is 5.75 Å². The van der Waals surface area contributed by atoms with Crippen molar-refractivity contribution in [2.24, 2.45) is 5.41 Å². The second-order valence-corrected chi connectivity index (χ2v) is 5.60. The van der Waals surface area contributed by atoms with Crippen LogP contribution in [0.25, 0.3) is 0 Å². The molecule has 1 aromatic carbocycles. The molecule has 0 aliphatic heterocycles. The summed E-state index contributed by atoms with van der Waals surface area (Å²) in [5.41, 5.74) is 1.40. The largest absolute Gasteiger partial charge is 0.508 e. The Balaban J connectivity index is 1.83. The number of nitrogens with one attached hydrogen (secondary N) is 1. The molecular weight excluding hydrogens is 226 g/mol. The quantitative estimate of drug-likeness (QED) is 0.843. The first-order valence-electron chi connectivity index (χ1n) is 6.67. The lowest BCUT2D eigenvalue weighted by Gasteiger charge is -2.52. The molecule has 1 fully saturated rings. The fourth-order valence-corrected chi connectivity index (χ4v) is 2.57. The Morgan fingerprint density at radius 2 is 2.00 bits per heavy atom. The van der Waals surface area contributed by atoms with Gasteiger partial charge in [-0.15, -0.1) is 0 Å². The third kappa shape index (κ3) is 2.68. The molecule has 3 nitrogen and oxygen atoms in total. The van der Waals surface area contributed by atoms with E-state index in [4.69, 9.17) is 4.74 Å². The molecule has 1 aliphatic carbocycles. The van der Waals surface area contributed by atoms with Crippen LogP contribution in [-0.2, 0) is 11.3 Å². The number of benzene rings is 1. The van der Waals surface area contributed by atoms with Gasteiger partial charge in [-0.2, -0.15) is 0 Å². The topological polar surface area (TPSA) is 41.5 Å². The minimum atomic E-state index is 0.201. The molecule has 100 valence electrons. The van der Waals surface area contributed by atoms with Crippen molar-refractivity contribution in [2.45, 2.75) is 45.9 Å². The highest BCUT2D eigenvalue weighted by molar-refractivity contribution is 5.25. The third-order valence-corrected chi connectivity index (χ3v) is 4.03. The van der Waals surface area contributed by atoms with E-state index in [0.717, 1.165) is 19.6 Å². The highest BCUT2D eigenvalue weighted by atomic mass is 16.5. The zero-order valence-electron chi connectivity index (χ0n) is 11.4. The molecule has 1 aromatic rings. The van der Waals surface area contributed by atoms with E-state index in [-0.39, 0.29) is 5.41 Å². The van der Waals surface area contributed by atoms with Crippen LogP contribution in [0.4, 0.5) is 0 Å². The normalized spacial score (nSPS) is 25.7. The second kappa shape index (κ2) is 5.29. The van der Waals surface area contributed by atoms with Crippen molar-refractivity contribution in [3.8, 4) is 5.75 Å². The average molecular weight is 249 g/mol. The minimum Gasteiger partial charge on any atom is -0.508 e. The van der Waals surface area contributed by atoms with Crippen molar-refractivity contribution >= 4 is 0 Å². The number of hydrogen-bond donors (Lipinski definition) is 2. The summed E-state index contributed by atoms with van der Waals surface area (Å²) in [7, 11) is 0. The zero-order valence-corrected chi connectivity index (χ0v) is 11.4. The van der Waals surface area contributed by atoms with Gasteiger partial charge in [0.25, 0.3) is 0 Å². The number of rotatable bonds is 5. The molecule has 0 amide bonds. The van der Waals surface area contributed by atoms with E-state index in [0.29, 0.717) is 17.9 Å². The van der Waals surface area contributed by atoms with Crippen LogP contribution < -0.4 is 5.32 Å². The summed E-state index contributed by atoms with van der Waals surface area (Å²) in [5.74, 6) is 0.319. The Morgan fingerprint density at radius 3 is 2.56 bits per heavy atom. The summed E-state index contributed by atoms with van der Waals surface area (Å²) in [4.78, 5) is 0. The zero-order chi connectivity index (χ0) is 13.2. The highest BCUT2D eigenvalue weighted by Gasteiger charge is 2.48. The van der Waals surface area contributed by atoms with Gasteiger partial charge >= 0.3 is 0 Å². The first-order chi connectivity index (χ1) is 8.54. The molecule has 0 aromatic heterocycles. The molecule has 2 atom stereocenters. The van der Waals surface area contributed by atoms with Crippen molar-refractivity contribution in [1.82, 2.24) is 5.32 Å². The SMILES string of the molecule is CCOC1CC(NCc2ccc(O)cc2)C1(C)C. The maximum atomic E-state index is 9.23. The fraction of sp³-hybridized carbons (Fsp3) is 0.600. The molecule has 1 saturated carbocycles. The summed E-state index contributed by atoms with van der Waals surface area (Å²) in [6.45, 7) is 8.19. The minimum absolute atomic E-state index is 0.201. The van der Waals surface area contributed by atoms with Gasteiger partial charge in [0.05, 0.1) is 6.10 Å². The van der Waals surface area contributed by atoms with Gasteiger partial charge in [0.15, 0.2) is 0 Å². The lowest BCUT2D eigenvalue weighted by atomic mass is 9.64. The lowest BCUT2D eigenvalue weighted by molar-refractivity contribution is -0.114. The summed E-state index contributed by atoms with van der Waals surface area (Å²) < 4.78 is 5.72. The molecule has 0 saturated heterocycles. The number of phenolic OH excluding ortho intramolecular Hbond substituents is 1. The summed E-state index contributed by atoms with van der Waals surface area (Å²) in [6, 6.07) is 7.86. The van der Waals surface area contributed by atoms with Crippen molar-refractivity contribution in [2.75, 3.05) is 6.61 Å². The molecule has 0 heterocycles. The Morgan fingerprint density at radius 1 is 1.33 bits per heavy atom. The number of phenols is 1. The Bertz CT molecular complexity index is 386. The smallest absolute Gasteiger partial charge is 0.115 e. The number of hydrogen-bond acceptors (Lipinski definition) is 3. The van der Waals surface area contributed by atoms with Crippen LogP contribution in [0, 0.1) is 5.41 Å². The van der Waals surface area contributed by atoms with E-state index < -0.39 is 0 Å². The molecular formula is C15H23NO2. The third-order valence-electron chi connectivity index (χ3n) is 4.03. The Kier molecular flexibility index (Phi) is 3.93. The van der Waals surface area contributed by atoms with Crippen LogP contribution in [0.15, 0.2) is 24.3 Å². The van der Waals surface area contributed by atoms with Crippen molar-refractivity contribution < 1.29 is 9.84 Å². The predicted octanol–water partition coefficient (Wildman–Crippen LogP) is 2.69. The summed E-state index contributed by atoms with van der Waals surface area (Å²) in [5, 5.41) is 12.8. The first-order valence-corrected chi connectivity index (χ1v) is 6.67. The van der Waals surface area contributed by atoms with Gasteiger partial charge in [0.1, 0.15) is 5.75 Å². The molecule has 18 heavy (non-hydrogen) atoms. The second-order valence-electron chi connectivity index (χ2n) is 5.60. The molecule has 0 bridgehead atoms. The van der Waals surface area contributed by atoms with Crippen molar-refractivity contribution in [3.63, 3.8) is 0 Å². The van der Waals surface area contributed by atoms with E-state index in [9.17, 15) is 5.11 Å². The maximum absolute atomic E-state index is 9.23. The Labute approximate surface area is 109 Å². The van der Waals surface area contributed by atoms with Gasteiger partial charge in [0, 0.05) is 24.6 Å². The lowest BCUT2D eigenvalue weighted by Crippen LogP contribution is -2.60. The van der Waals surface area contributed by atoms with Crippen LogP contribution >= 0.6 is 0 Å². The summed E-state index contributed by atoms with van der Waals surface area (Å²) >= 11 is 0. The van der Waals surface area contributed by atoms with Crippen LogP contribution in [-0.4, -0.2) is 23.9 Å². The molecule has 0 radical (unpaired) electrons. The Hall–Kier alpha value is -1.06. The van der Waals surface area contributed by atoms with Crippen LogP contribution in [0.1, 0.15) is 32.8 Å². The average Bonchev–Trinajstić information content (AvgIpc) is 2.35. The van der Waals surface area contributed by atoms with Crippen LogP contribution in [0.2, 0.25) is 0 Å². The maximum Gasteiger partial charge on any atom is 0.115 e. The monoisotopic (exact) mass is 249 g/mol. The van der Waals surface area contributed by atoms with E-state index >= 15 is 0 Å². The van der Waals surface area contributed by atoms with Gasteiger partial charge in [-0.05, 0) is 31.0 Å². The standard InChI is InChI=1S/C15H23NO2/c1-4-18-14-9-13(15(14,2)3)16-10-11-5-7-12(17)8-6-11/h5-8,13-14,16-17H,4,9-10H2,1-3H3. The van der Waals surface area contributed by atoms with E-state index in [2.05, 4.69) is 19.2 Å². The number of ether oxygens (including phenoxy) is 1.